The van der Waals surface area contributed by atoms with Crippen LogP contribution in [-0.2, 0) is 0 Å². The Labute approximate surface area is 104 Å². The molecule has 0 atom stereocenters. The molecule has 0 spiro atoms. The molecule has 2 N–H and O–H groups in total. The third-order valence-corrected chi connectivity index (χ3v) is 1.73. The maximum atomic E-state index is 11.2. The van der Waals surface area contributed by atoms with E-state index in [2.05, 4.69) is 22.5 Å². The van der Waals surface area contributed by atoms with Crippen molar-refractivity contribution < 1.29 is 4.79 Å². The van der Waals surface area contributed by atoms with E-state index in [0.717, 1.165) is 11.3 Å². The zero-order valence-corrected chi connectivity index (χ0v) is 10.9. The Morgan fingerprint density at radius 1 is 1.35 bits per heavy atom. The average molecular weight is 232 g/mol. The molecular formula is C14H20N2O. The lowest BCUT2D eigenvalue weighted by molar-refractivity contribution is 0.252. The molecule has 0 aromatic heterocycles. The Morgan fingerprint density at radius 2 is 2.06 bits per heavy atom. The van der Waals surface area contributed by atoms with Crippen LogP contribution in [-0.4, -0.2) is 12.6 Å². The van der Waals surface area contributed by atoms with Gasteiger partial charge in [0, 0.05) is 17.8 Å². The fourth-order valence-electron chi connectivity index (χ4n) is 1.15. The molecule has 2 amide bonds. The topological polar surface area (TPSA) is 41.1 Å². The highest BCUT2D eigenvalue weighted by Crippen LogP contribution is 2.09. The summed E-state index contributed by atoms with van der Waals surface area (Å²) in [5, 5.41) is 5.38. The van der Waals surface area contributed by atoms with Gasteiger partial charge in [0.05, 0.1) is 0 Å². The van der Waals surface area contributed by atoms with Crippen LogP contribution in [0, 0.1) is 11.8 Å². The summed E-state index contributed by atoms with van der Waals surface area (Å²) >= 11 is 0. The lowest BCUT2D eigenvalue weighted by Crippen LogP contribution is -2.28. The summed E-state index contributed by atoms with van der Waals surface area (Å²) < 4.78 is 0. The third kappa shape index (κ3) is 6.26. The summed E-state index contributed by atoms with van der Waals surface area (Å²) in [7, 11) is 0. The Hall–Kier alpha value is -1.95. The molecule has 0 bridgehead atoms. The highest BCUT2D eigenvalue weighted by Gasteiger charge is 1.99. The molecule has 0 aliphatic heterocycles. The quantitative estimate of drug-likeness (QED) is 0.755. The van der Waals surface area contributed by atoms with Gasteiger partial charge in [0.2, 0.25) is 0 Å². The van der Waals surface area contributed by atoms with Crippen molar-refractivity contribution >= 4 is 11.7 Å². The standard InChI is InChI=1S/C12H14N2O.C2H6/c1-3-6-10-7-5-8-11(9-10)14-12(15)13-4-2;1-2/h5,7-9H,4H2,1-2H3,(H2,13,14,15);1-2H3. The molecule has 17 heavy (non-hydrogen) atoms. The van der Waals surface area contributed by atoms with E-state index in [4.69, 9.17) is 0 Å². The molecule has 0 saturated heterocycles. The summed E-state index contributed by atoms with van der Waals surface area (Å²) in [6, 6.07) is 7.24. The second kappa shape index (κ2) is 9.29. The smallest absolute Gasteiger partial charge is 0.319 e. The van der Waals surface area contributed by atoms with Crippen molar-refractivity contribution in [1.82, 2.24) is 5.32 Å². The minimum atomic E-state index is -0.195. The summed E-state index contributed by atoms with van der Waals surface area (Å²) in [4.78, 5) is 11.2. The highest BCUT2D eigenvalue weighted by atomic mass is 16.2. The molecule has 3 nitrogen and oxygen atoms in total. The summed E-state index contributed by atoms with van der Waals surface area (Å²) in [6.45, 7) is 8.27. The van der Waals surface area contributed by atoms with Crippen LogP contribution in [0.1, 0.15) is 33.3 Å². The summed E-state index contributed by atoms with van der Waals surface area (Å²) in [5.74, 6) is 5.74. The predicted molar refractivity (Wildman–Crippen MR) is 73.0 cm³/mol. The first-order valence-corrected chi connectivity index (χ1v) is 5.84. The number of anilines is 1. The molecule has 1 rings (SSSR count). The van der Waals surface area contributed by atoms with E-state index in [1.54, 1.807) is 6.92 Å². The maximum absolute atomic E-state index is 11.2. The van der Waals surface area contributed by atoms with E-state index in [0.29, 0.717) is 6.54 Å². The van der Waals surface area contributed by atoms with Crippen molar-refractivity contribution in [3.63, 3.8) is 0 Å². The van der Waals surface area contributed by atoms with E-state index in [1.165, 1.54) is 0 Å². The van der Waals surface area contributed by atoms with Gasteiger partial charge in [-0.15, -0.1) is 5.92 Å². The highest BCUT2D eigenvalue weighted by molar-refractivity contribution is 5.89. The zero-order chi connectivity index (χ0) is 13.1. The van der Waals surface area contributed by atoms with Gasteiger partial charge < -0.3 is 10.6 Å². The number of amides is 2. The lowest BCUT2D eigenvalue weighted by Gasteiger charge is -2.05. The first kappa shape index (κ1) is 15.0. The number of urea groups is 1. The van der Waals surface area contributed by atoms with Crippen LogP contribution in [0.3, 0.4) is 0 Å². The van der Waals surface area contributed by atoms with Crippen LogP contribution in [0.5, 0.6) is 0 Å². The SMILES string of the molecule is CC.CC#Cc1cccc(NC(=O)NCC)c1. The largest absolute Gasteiger partial charge is 0.338 e. The molecule has 1 aromatic rings. The van der Waals surface area contributed by atoms with Crippen LogP contribution >= 0.6 is 0 Å². The molecule has 92 valence electrons. The van der Waals surface area contributed by atoms with Gasteiger partial charge >= 0.3 is 6.03 Å². The van der Waals surface area contributed by atoms with Crippen LogP contribution in [0.4, 0.5) is 10.5 Å². The fourth-order valence-corrected chi connectivity index (χ4v) is 1.15. The number of carbonyl (C=O) groups is 1. The van der Waals surface area contributed by atoms with Crippen LogP contribution in [0.15, 0.2) is 24.3 Å². The van der Waals surface area contributed by atoms with Crippen molar-refractivity contribution in [2.75, 3.05) is 11.9 Å². The Bertz CT molecular complexity index is 402. The van der Waals surface area contributed by atoms with E-state index >= 15 is 0 Å². The normalized spacial score (nSPS) is 8.00. The Balaban J connectivity index is 0.00000121. The van der Waals surface area contributed by atoms with E-state index in [1.807, 2.05) is 45.0 Å². The van der Waals surface area contributed by atoms with Crippen LogP contribution in [0.2, 0.25) is 0 Å². The lowest BCUT2D eigenvalue weighted by atomic mass is 10.2. The van der Waals surface area contributed by atoms with Crippen molar-refractivity contribution in [2.24, 2.45) is 0 Å². The molecule has 0 aliphatic carbocycles. The van der Waals surface area contributed by atoms with Gasteiger partial charge in [0.15, 0.2) is 0 Å². The van der Waals surface area contributed by atoms with Crippen molar-refractivity contribution in [2.45, 2.75) is 27.7 Å². The summed E-state index contributed by atoms with van der Waals surface area (Å²) in [5.41, 5.74) is 1.65. The molecule has 0 heterocycles. The van der Waals surface area contributed by atoms with Gasteiger partial charge in [-0.1, -0.05) is 25.8 Å². The number of hydrogen-bond donors (Lipinski definition) is 2. The number of benzene rings is 1. The molecule has 0 fully saturated rings. The maximum Gasteiger partial charge on any atom is 0.319 e. The van der Waals surface area contributed by atoms with E-state index < -0.39 is 0 Å². The predicted octanol–water partition coefficient (Wildman–Crippen LogP) is 3.23. The van der Waals surface area contributed by atoms with Gasteiger partial charge in [0.25, 0.3) is 0 Å². The minimum Gasteiger partial charge on any atom is -0.338 e. The van der Waals surface area contributed by atoms with E-state index in [9.17, 15) is 4.79 Å². The number of rotatable bonds is 2. The van der Waals surface area contributed by atoms with Crippen molar-refractivity contribution in [3.05, 3.63) is 29.8 Å². The van der Waals surface area contributed by atoms with Crippen LogP contribution < -0.4 is 10.6 Å². The number of carbonyl (C=O) groups excluding carboxylic acids is 1. The second-order valence-corrected chi connectivity index (χ2v) is 2.94. The Kier molecular flexibility index (Phi) is 8.22. The summed E-state index contributed by atoms with van der Waals surface area (Å²) in [6.07, 6.45) is 0. The van der Waals surface area contributed by atoms with Gasteiger partial charge in [-0.05, 0) is 32.0 Å². The molecule has 0 radical (unpaired) electrons. The minimum absolute atomic E-state index is 0.195. The molecule has 0 aliphatic rings. The molecule has 0 saturated carbocycles. The van der Waals surface area contributed by atoms with Gasteiger partial charge in [-0.3, -0.25) is 0 Å². The Morgan fingerprint density at radius 3 is 2.65 bits per heavy atom. The van der Waals surface area contributed by atoms with Crippen molar-refractivity contribution in [3.8, 4) is 11.8 Å². The fraction of sp³-hybridized carbons (Fsp3) is 0.357. The van der Waals surface area contributed by atoms with Gasteiger partial charge in [-0.2, -0.15) is 0 Å². The average Bonchev–Trinajstić information content (AvgIpc) is 2.33. The first-order valence-electron chi connectivity index (χ1n) is 5.84. The molecule has 3 heteroatoms. The van der Waals surface area contributed by atoms with Gasteiger partial charge in [-0.25, -0.2) is 4.79 Å². The van der Waals surface area contributed by atoms with Gasteiger partial charge in [0.1, 0.15) is 0 Å². The van der Waals surface area contributed by atoms with E-state index in [-0.39, 0.29) is 6.03 Å². The van der Waals surface area contributed by atoms with Crippen molar-refractivity contribution in [1.29, 1.82) is 0 Å². The molecule has 1 aromatic carbocycles. The zero-order valence-electron chi connectivity index (χ0n) is 10.9. The number of hydrogen-bond acceptors (Lipinski definition) is 1. The molecule has 0 unspecified atom stereocenters. The molecular weight excluding hydrogens is 212 g/mol. The number of nitrogens with one attached hydrogen (secondary N) is 2. The monoisotopic (exact) mass is 232 g/mol. The van der Waals surface area contributed by atoms with Crippen LogP contribution in [0.25, 0.3) is 0 Å². The third-order valence-electron chi connectivity index (χ3n) is 1.73. The first-order chi connectivity index (χ1) is 8.26. The second-order valence-electron chi connectivity index (χ2n) is 2.94.